The first kappa shape index (κ1) is 19.4. The highest BCUT2D eigenvalue weighted by molar-refractivity contribution is 6.10. The standard InChI is InChI=1S/C21H26N4O4/c1-12-8-20(3,4)11-21(9-12)18(27)25(19(28)24-21)10-17(26)23-14-5-6-16-15(7-14)22-13(2)29-16/h5-7,12H,8-11H2,1-4H3,(H,23,26)(H,24,28)/t12-,21+/m0/s1. The third kappa shape index (κ3) is 3.59. The lowest BCUT2D eigenvalue weighted by Crippen LogP contribution is -2.54. The number of rotatable bonds is 3. The molecule has 2 atom stereocenters. The van der Waals surface area contributed by atoms with Crippen LogP contribution >= 0.6 is 0 Å². The Morgan fingerprint density at radius 3 is 2.83 bits per heavy atom. The molecule has 2 aromatic rings. The second-order valence-corrected chi connectivity index (χ2v) is 9.22. The van der Waals surface area contributed by atoms with Crippen LogP contribution in [0.5, 0.6) is 0 Å². The molecule has 2 aliphatic rings. The molecule has 1 aliphatic carbocycles. The van der Waals surface area contributed by atoms with Gasteiger partial charge in [-0.05, 0) is 48.8 Å². The van der Waals surface area contributed by atoms with Crippen LogP contribution in [-0.4, -0.2) is 39.8 Å². The number of benzene rings is 1. The summed E-state index contributed by atoms with van der Waals surface area (Å²) in [7, 11) is 0. The number of hydrogen-bond donors (Lipinski definition) is 2. The van der Waals surface area contributed by atoms with Crippen molar-refractivity contribution in [1.82, 2.24) is 15.2 Å². The molecule has 1 aliphatic heterocycles. The Kier molecular flexibility index (Phi) is 4.40. The van der Waals surface area contributed by atoms with E-state index in [0.29, 0.717) is 41.4 Å². The fourth-order valence-electron chi connectivity index (χ4n) is 5.11. The Morgan fingerprint density at radius 1 is 1.34 bits per heavy atom. The van der Waals surface area contributed by atoms with Crippen molar-refractivity contribution in [2.24, 2.45) is 11.3 Å². The zero-order valence-electron chi connectivity index (χ0n) is 17.2. The van der Waals surface area contributed by atoms with Crippen molar-refractivity contribution in [3.63, 3.8) is 0 Å². The first-order valence-corrected chi connectivity index (χ1v) is 9.88. The molecule has 8 nitrogen and oxygen atoms in total. The molecule has 0 unspecified atom stereocenters. The van der Waals surface area contributed by atoms with E-state index in [1.165, 1.54) is 0 Å². The van der Waals surface area contributed by atoms with Crippen LogP contribution in [0.25, 0.3) is 11.1 Å². The number of nitrogens with one attached hydrogen (secondary N) is 2. The lowest BCUT2D eigenvalue weighted by atomic mass is 9.64. The number of urea groups is 1. The van der Waals surface area contributed by atoms with E-state index in [2.05, 4.69) is 36.4 Å². The summed E-state index contributed by atoms with van der Waals surface area (Å²) in [6.45, 7) is 7.75. The molecule has 1 saturated carbocycles. The van der Waals surface area contributed by atoms with Crippen molar-refractivity contribution in [2.45, 2.75) is 52.5 Å². The van der Waals surface area contributed by atoms with Crippen LogP contribution in [0.2, 0.25) is 0 Å². The largest absolute Gasteiger partial charge is 0.441 e. The van der Waals surface area contributed by atoms with E-state index in [1.54, 1.807) is 25.1 Å². The zero-order chi connectivity index (χ0) is 21.0. The number of hydrogen-bond acceptors (Lipinski definition) is 5. The van der Waals surface area contributed by atoms with Crippen molar-refractivity contribution in [1.29, 1.82) is 0 Å². The maximum absolute atomic E-state index is 13.1. The minimum Gasteiger partial charge on any atom is -0.441 e. The first-order valence-electron chi connectivity index (χ1n) is 9.88. The number of nitrogens with zero attached hydrogens (tertiary/aromatic N) is 2. The molecular weight excluding hydrogens is 372 g/mol. The summed E-state index contributed by atoms with van der Waals surface area (Å²) in [6.07, 6.45) is 2.18. The Labute approximate surface area is 169 Å². The maximum Gasteiger partial charge on any atom is 0.325 e. The average Bonchev–Trinajstić information content (AvgIpc) is 3.04. The van der Waals surface area contributed by atoms with Gasteiger partial charge < -0.3 is 15.1 Å². The highest BCUT2D eigenvalue weighted by Gasteiger charge is 2.56. The number of oxazole rings is 1. The smallest absolute Gasteiger partial charge is 0.325 e. The van der Waals surface area contributed by atoms with Gasteiger partial charge in [-0.25, -0.2) is 9.78 Å². The van der Waals surface area contributed by atoms with E-state index < -0.39 is 17.5 Å². The van der Waals surface area contributed by atoms with Gasteiger partial charge in [-0.1, -0.05) is 20.8 Å². The van der Waals surface area contributed by atoms with Gasteiger partial charge in [0, 0.05) is 12.6 Å². The van der Waals surface area contributed by atoms with Crippen LogP contribution in [-0.2, 0) is 9.59 Å². The van der Waals surface area contributed by atoms with Crippen LogP contribution < -0.4 is 10.6 Å². The third-order valence-electron chi connectivity index (χ3n) is 5.70. The molecule has 2 N–H and O–H groups in total. The number of amides is 4. The predicted octanol–water partition coefficient (Wildman–Crippen LogP) is 3.21. The number of carbonyl (C=O) groups excluding carboxylic acids is 3. The molecular formula is C21H26N4O4. The highest BCUT2D eigenvalue weighted by atomic mass is 16.3. The highest BCUT2D eigenvalue weighted by Crippen LogP contribution is 2.46. The van der Waals surface area contributed by atoms with Crippen molar-refractivity contribution in [3.8, 4) is 0 Å². The van der Waals surface area contributed by atoms with Gasteiger partial charge in [-0.3, -0.25) is 14.5 Å². The van der Waals surface area contributed by atoms with Crippen LogP contribution in [0.15, 0.2) is 22.6 Å². The quantitative estimate of drug-likeness (QED) is 0.773. The van der Waals surface area contributed by atoms with Gasteiger partial charge in [0.25, 0.3) is 5.91 Å². The number of aryl methyl sites for hydroxylation is 1. The van der Waals surface area contributed by atoms with E-state index in [9.17, 15) is 14.4 Å². The molecule has 0 bridgehead atoms. The van der Waals surface area contributed by atoms with Crippen molar-refractivity contribution >= 4 is 34.6 Å². The summed E-state index contributed by atoms with van der Waals surface area (Å²) in [5, 5.41) is 5.62. The minimum absolute atomic E-state index is 0.0516. The van der Waals surface area contributed by atoms with E-state index in [-0.39, 0.29) is 17.9 Å². The normalized spacial score (nSPS) is 26.2. The van der Waals surface area contributed by atoms with Gasteiger partial charge in [0.1, 0.15) is 17.6 Å². The number of carbonyl (C=O) groups is 3. The predicted molar refractivity (Wildman–Crippen MR) is 107 cm³/mol. The maximum atomic E-state index is 13.1. The van der Waals surface area contributed by atoms with E-state index in [1.807, 2.05) is 0 Å². The van der Waals surface area contributed by atoms with Gasteiger partial charge >= 0.3 is 6.03 Å². The van der Waals surface area contributed by atoms with Crippen molar-refractivity contribution < 1.29 is 18.8 Å². The lowest BCUT2D eigenvalue weighted by molar-refractivity contribution is -0.136. The SMILES string of the molecule is Cc1nc2cc(NC(=O)CN3C(=O)N[C@@]4(C[C@@H](C)CC(C)(C)C4)C3=O)ccc2o1. The second-order valence-electron chi connectivity index (χ2n) is 9.22. The molecule has 1 aromatic carbocycles. The van der Waals surface area contributed by atoms with Crippen LogP contribution in [0.3, 0.4) is 0 Å². The molecule has 1 spiro atoms. The first-order chi connectivity index (χ1) is 13.6. The summed E-state index contributed by atoms with van der Waals surface area (Å²) < 4.78 is 5.42. The third-order valence-corrected chi connectivity index (χ3v) is 5.70. The molecule has 2 heterocycles. The summed E-state index contributed by atoms with van der Waals surface area (Å²) in [5.41, 5.74) is 0.836. The van der Waals surface area contributed by atoms with Crippen molar-refractivity contribution in [2.75, 3.05) is 11.9 Å². The lowest BCUT2D eigenvalue weighted by Gasteiger charge is -2.43. The number of fused-ring (bicyclic) bond motifs is 1. The van der Waals surface area contributed by atoms with Gasteiger partial charge in [-0.15, -0.1) is 0 Å². The topological polar surface area (TPSA) is 105 Å². The molecule has 8 heteroatoms. The molecule has 154 valence electrons. The molecule has 4 amide bonds. The Bertz CT molecular complexity index is 1010. The van der Waals surface area contributed by atoms with Crippen LogP contribution in [0, 0.1) is 18.3 Å². The van der Waals surface area contributed by atoms with Crippen molar-refractivity contribution in [3.05, 3.63) is 24.1 Å². The zero-order valence-corrected chi connectivity index (χ0v) is 17.2. The fourth-order valence-corrected chi connectivity index (χ4v) is 5.11. The van der Waals surface area contributed by atoms with E-state index in [4.69, 9.17) is 4.42 Å². The molecule has 1 saturated heterocycles. The molecule has 0 radical (unpaired) electrons. The monoisotopic (exact) mass is 398 g/mol. The van der Waals surface area contributed by atoms with Gasteiger partial charge in [-0.2, -0.15) is 0 Å². The number of imide groups is 1. The van der Waals surface area contributed by atoms with E-state index in [0.717, 1.165) is 11.3 Å². The number of anilines is 1. The Morgan fingerprint density at radius 2 is 2.10 bits per heavy atom. The Balaban J connectivity index is 1.47. The minimum atomic E-state index is -0.907. The molecule has 1 aromatic heterocycles. The number of aromatic nitrogens is 1. The van der Waals surface area contributed by atoms with Gasteiger partial charge in [0.05, 0.1) is 0 Å². The van der Waals surface area contributed by atoms with E-state index >= 15 is 0 Å². The summed E-state index contributed by atoms with van der Waals surface area (Å²) in [6, 6.07) is 4.61. The van der Waals surface area contributed by atoms with Crippen LogP contribution in [0.4, 0.5) is 10.5 Å². The second kappa shape index (κ2) is 6.57. The Hall–Kier alpha value is -2.90. The average molecular weight is 398 g/mol. The van der Waals surface area contributed by atoms with Gasteiger partial charge in [0.2, 0.25) is 5.91 Å². The van der Waals surface area contributed by atoms with Crippen LogP contribution in [0.1, 0.15) is 45.9 Å². The summed E-state index contributed by atoms with van der Waals surface area (Å²) in [4.78, 5) is 43.5. The molecule has 4 rings (SSSR count). The summed E-state index contributed by atoms with van der Waals surface area (Å²) >= 11 is 0. The van der Waals surface area contributed by atoms with Gasteiger partial charge in [0.15, 0.2) is 11.5 Å². The summed E-state index contributed by atoms with van der Waals surface area (Å²) in [5.74, 6) is 0.111. The molecule has 2 fully saturated rings. The molecule has 29 heavy (non-hydrogen) atoms. The fraction of sp³-hybridized carbons (Fsp3) is 0.524.